The lowest BCUT2D eigenvalue weighted by Crippen LogP contribution is -2.02. The Balaban J connectivity index is 1.80. The van der Waals surface area contributed by atoms with Crippen molar-refractivity contribution in [2.24, 2.45) is 0 Å². The molecule has 0 spiro atoms. The Kier molecular flexibility index (Phi) is 3.93. The fraction of sp³-hybridized carbons (Fsp3) is 0.118. The predicted octanol–water partition coefficient (Wildman–Crippen LogP) is 4.03. The standard InChI is InChI=1S/C17H16ClN3/c18-16-4-2-1-3-15(16)17-11-20-12-21(17)10-9-13-5-7-14(19)8-6-13/h1-8,11-12H,9-10,19H2. The summed E-state index contributed by atoms with van der Waals surface area (Å²) in [5, 5.41) is 0.742. The Morgan fingerprint density at radius 3 is 2.57 bits per heavy atom. The summed E-state index contributed by atoms with van der Waals surface area (Å²) in [6.45, 7) is 0.852. The van der Waals surface area contributed by atoms with Gasteiger partial charge in [-0.15, -0.1) is 0 Å². The van der Waals surface area contributed by atoms with Crippen molar-refractivity contribution in [2.45, 2.75) is 13.0 Å². The molecule has 1 aromatic heterocycles. The van der Waals surface area contributed by atoms with E-state index in [0.717, 1.165) is 34.9 Å². The molecule has 0 saturated heterocycles. The first kappa shape index (κ1) is 13.7. The minimum Gasteiger partial charge on any atom is -0.399 e. The summed E-state index contributed by atoms with van der Waals surface area (Å²) in [5.74, 6) is 0. The Morgan fingerprint density at radius 2 is 1.81 bits per heavy atom. The van der Waals surface area contributed by atoms with E-state index < -0.39 is 0 Å². The second-order valence-corrected chi connectivity index (χ2v) is 5.35. The highest BCUT2D eigenvalue weighted by Gasteiger charge is 2.08. The quantitative estimate of drug-likeness (QED) is 0.739. The summed E-state index contributed by atoms with van der Waals surface area (Å²) in [7, 11) is 0. The molecule has 0 aliphatic carbocycles. The highest BCUT2D eigenvalue weighted by molar-refractivity contribution is 6.33. The average Bonchev–Trinajstić information content (AvgIpc) is 2.95. The molecule has 0 aliphatic rings. The number of halogens is 1. The number of aryl methyl sites for hydroxylation is 2. The van der Waals surface area contributed by atoms with Crippen LogP contribution >= 0.6 is 11.6 Å². The molecule has 1 heterocycles. The van der Waals surface area contributed by atoms with Gasteiger partial charge >= 0.3 is 0 Å². The zero-order valence-electron chi connectivity index (χ0n) is 11.5. The molecule has 2 N–H and O–H groups in total. The maximum Gasteiger partial charge on any atom is 0.0951 e. The van der Waals surface area contributed by atoms with Crippen molar-refractivity contribution in [2.75, 3.05) is 5.73 Å². The Labute approximate surface area is 129 Å². The van der Waals surface area contributed by atoms with Crippen molar-refractivity contribution in [1.82, 2.24) is 9.55 Å². The first-order valence-electron chi connectivity index (χ1n) is 6.83. The van der Waals surface area contributed by atoms with Gasteiger partial charge in [0.1, 0.15) is 0 Å². The van der Waals surface area contributed by atoms with Crippen LogP contribution in [0.5, 0.6) is 0 Å². The van der Waals surface area contributed by atoms with E-state index in [-0.39, 0.29) is 0 Å². The molecule has 2 aromatic carbocycles. The van der Waals surface area contributed by atoms with E-state index in [1.54, 1.807) is 0 Å². The van der Waals surface area contributed by atoms with Gasteiger partial charge in [0.15, 0.2) is 0 Å². The lowest BCUT2D eigenvalue weighted by Gasteiger charge is -2.09. The summed E-state index contributed by atoms with van der Waals surface area (Å²) >= 11 is 6.27. The summed E-state index contributed by atoms with van der Waals surface area (Å²) < 4.78 is 2.12. The molecule has 0 bridgehead atoms. The largest absolute Gasteiger partial charge is 0.399 e. The molecular formula is C17H16ClN3. The molecule has 0 aliphatic heterocycles. The fourth-order valence-electron chi connectivity index (χ4n) is 2.33. The molecule has 0 atom stereocenters. The third-order valence-corrected chi connectivity index (χ3v) is 3.81. The number of nitrogens with zero attached hydrogens (tertiary/aromatic N) is 2. The number of imidazole rings is 1. The smallest absolute Gasteiger partial charge is 0.0951 e. The molecular weight excluding hydrogens is 282 g/mol. The molecule has 3 aromatic rings. The normalized spacial score (nSPS) is 10.7. The van der Waals surface area contributed by atoms with Gasteiger partial charge in [0.25, 0.3) is 0 Å². The molecule has 106 valence electrons. The van der Waals surface area contributed by atoms with Crippen LogP contribution in [0.25, 0.3) is 11.3 Å². The lowest BCUT2D eigenvalue weighted by atomic mass is 10.1. The van der Waals surface area contributed by atoms with Gasteiger partial charge in [-0.05, 0) is 30.2 Å². The zero-order valence-corrected chi connectivity index (χ0v) is 12.3. The van der Waals surface area contributed by atoms with Gasteiger partial charge in [-0.2, -0.15) is 0 Å². The first-order valence-corrected chi connectivity index (χ1v) is 7.21. The molecule has 3 nitrogen and oxygen atoms in total. The van der Waals surface area contributed by atoms with Crippen LogP contribution in [-0.4, -0.2) is 9.55 Å². The van der Waals surface area contributed by atoms with Gasteiger partial charge in [0.2, 0.25) is 0 Å². The fourth-order valence-corrected chi connectivity index (χ4v) is 2.56. The van der Waals surface area contributed by atoms with Gasteiger partial charge in [-0.3, -0.25) is 0 Å². The second kappa shape index (κ2) is 6.02. The molecule has 0 unspecified atom stereocenters. The number of nitrogen functional groups attached to an aromatic ring is 1. The van der Waals surface area contributed by atoms with Crippen LogP contribution in [0.3, 0.4) is 0 Å². The number of rotatable bonds is 4. The van der Waals surface area contributed by atoms with Crippen LogP contribution in [0.15, 0.2) is 61.1 Å². The van der Waals surface area contributed by atoms with Crippen molar-refractivity contribution in [3.63, 3.8) is 0 Å². The Morgan fingerprint density at radius 1 is 1.05 bits per heavy atom. The molecule has 0 saturated carbocycles. The molecule has 4 heteroatoms. The van der Waals surface area contributed by atoms with Crippen molar-refractivity contribution in [1.29, 1.82) is 0 Å². The first-order chi connectivity index (χ1) is 10.2. The average molecular weight is 298 g/mol. The maximum atomic E-state index is 6.27. The zero-order chi connectivity index (χ0) is 14.7. The molecule has 0 radical (unpaired) electrons. The molecule has 0 fully saturated rings. The summed E-state index contributed by atoms with van der Waals surface area (Å²) in [4.78, 5) is 4.25. The topological polar surface area (TPSA) is 43.8 Å². The summed E-state index contributed by atoms with van der Waals surface area (Å²) in [5.41, 5.74) is 9.79. The third kappa shape index (κ3) is 3.09. The van der Waals surface area contributed by atoms with Crippen LogP contribution in [0.1, 0.15) is 5.56 Å². The lowest BCUT2D eigenvalue weighted by molar-refractivity contribution is 0.702. The van der Waals surface area contributed by atoms with E-state index in [1.165, 1.54) is 5.56 Å². The highest BCUT2D eigenvalue weighted by Crippen LogP contribution is 2.27. The SMILES string of the molecule is Nc1ccc(CCn2cncc2-c2ccccc2Cl)cc1. The predicted molar refractivity (Wildman–Crippen MR) is 87.2 cm³/mol. The van der Waals surface area contributed by atoms with E-state index in [9.17, 15) is 0 Å². The van der Waals surface area contributed by atoms with E-state index in [2.05, 4.69) is 21.7 Å². The molecule has 21 heavy (non-hydrogen) atoms. The van der Waals surface area contributed by atoms with E-state index in [0.29, 0.717) is 0 Å². The van der Waals surface area contributed by atoms with Crippen molar-refractivity contribution in [3.8, 4) is 11.3 Å². The van der Waals surface area contributed by atoms with E-state index >= 15 is 0 Å². The van der Waals surface area contributed by atoms with Crippen molar-refractivity contribution in [3.05, 3.63) is 71.6 Å². The van der Waals surface area contributed by atoms with E-state index in [4.69, 9.17) is 17.3 Å². The van der Waals surface area contributed by atoms with Crippen LogP contribution in [-0.2, 0) is 13.0 Å². The number of aromatic nitrogens is 2. The Hall–Kier alpha value is -2.26. The molecule has 3 rings (SSSR count). The van der Waals surface area contributed by atoms with Gasteiger partial charge in [-0.25, -0.2) is 4.98 Å². The Bertz CT molecular complexity index is 732. The van der Waals surface area contributed by atoms with Gasteiger partial charge in [0.05, 0.1) is 18.2 Å². The van der Waals surface area contributed by atoms with Crippen molar-refractivity contribution < 1.29 is 0 Å². The number of anilines is 1. The number of benzene rings is 2. The van der Waals surface area contributed by atoms with Gasteiger partial charge < -0.3 is 10.3 Å². The monoisotopic (exact) mass is 297 g/mol. The number of nitrogens with two attached hydrogens (primary N) is 1. The summed E-state index contributed by atoms with van der Waals surface area (Å²) in [6.07, 6.45) is 4.62. The summed E-state index contributed by atoms with van der Waals surface area (Å²) in [6, 6.07) is 15.8. The minimum absolute atomic E-state index is 0.742. The van der Waals surface area contributed by atoms with Gasteiger partial charge in [0, 0.05) is 22.8 Å². The van der Waals surface area contributed by atoms with Crippen molar-refractivity contribution >= 4 is 17.3 Å². The van der Waals surface area contributed by atoms with Crippen LogP contribution in [0, 0.1) is 0 Å². The van der Waals surface area contributed by atoms with Gasteiger partial charge in [-0.1, -0.05) is 41.9 Å². The number of hydrogen-bond acceptors (Lipinski definition) is 2. The maximum absolute atomic E-state index is 6.27. The number of hydrogen-bond donors (Lipinski definition) is 1. The van der Waals surface area contributed by atoms with Crippen LogP contribution in [0.4, 0.5) is 5.69 Å². The van der Waals surface area contributed by atoms with E-state index in [1.807, 2.05) is 48.9 Å². The van der Waals surface area contributed by atoms with Crippen LogP contribution in [0.2, 0.25) is 5.02 Å². The second-order valence-electron chi connectivity index (χ2n) is 4.94. The molecule has 0 amide bonds. The highest BCUT2D eigenvalue weighted by atomic mass is 35.5. The third-order valence-electron chi connectivity index (χ3n) is 3.48. The minimum atomic E-state index is 0.742. The van der Waals surface area contributed by atoms with Crippen LogP contribution < -0.4 is 5.73 Å².